The van der Waals surface area contributed by atoms with Crippen molar-refractivity contribution in [3.8, 4) is 22.4 Å². The molecule has 1 aromatic carbocycles. The smallest absolute Gasteiger partial charge is 0.675 e. The van der Waals surface area contributed by atoms with Gasteiger partial charge in [0.15, 0.2) is 0 Å². The van der Waals surface area contributed by atoms with Crippen LogP contribution in [0.1, 0.15) is 30.5 Å². The predicted molar refractivity (Wildman–Crippen MR) is 123 cm³/mol. The van der Waals surface area contributed by atoms with Crippen molar-refractivity contribution in [1.29, 1.82) is 0 Å². The Morgan fingerprint density at radius 1 is 1.00 bits per heavy atom. The van der Waals surface area contributed by atoms with Crippen molar-refractivity contribution in [1.82, 2.24) is 20.2 Å². The van der Waals surface area contributed by atoms with Crippen molar-refractivity contribution in [2.45, 2.75) is 32.2 Å². The number of aromatic nitrogens is 4. The van der Waals surface area contributed by atoms with Crippen LogP contribution in [0.2, 0.25) is 0 Å². The van der Waals surface area contributed by atoms with E-state index >= 15 is 0 Å². The number of aryl methyl sites for hydroxylation is 1. The van der Waals surface area contributed by atoms with E-state index in [1.54, 1.807) is 18.5 Å². The van der Waals surface area contributed by atoms with Crippen LogP contribution in [0, 0.1) is 13.1 Å². The third-order valence-electron chi connectivity index (χ3n) is 4.93. The summed E-state index contributed by atoms with van der Waals surface area (Å²) in [4.78, 5) is 8.34. The average Bonchev–Trinajstić information content (AvgIpc) is 3.64. The zero-order chi connectivity index (χ0) is 23.2. The van der Waals surface area contributed by atoms with Crippen molar-refractivity contribution < 1.29 is 50.9 Å². The van der Waals surface area contributed by atoms with Gasteiger partial charge in [-0.3, -0.25) is 10.1 Å². The Morgan fingerprint density at radius 2 is 1.74 bits per heavy atom. The van der Waals surface area contributed by atoms with Crippen molar-refractivity contribution in [2.75, 3.05) is 0 Å². The maximum Gasteiger partial charge on any atom is 2.00 e. The summed E-state index contributed by atoms with van der Waals surface area (Å²) >= 11 is 0. The monoisotopic (exact) mass is 811 g/mol. The summed E-state index contributed by atoms with van der Waals surface area (Å²) < 4.78 is 25.2. The first kappa shape index (κ1) is 28.8. The second-order valence-corrected chi connectivity index (χ2v) is 7.61. The van der Waals surface area contributed by atoms with Gasteiger partial charge in [0.25, 0.3) is 6.43 Å². The zero-order valence-corrected chi connectivity index (χ0v) is 24.6. The molecule has 0 aliphatic heterocycles. The number of hydrogen-bond donors (Lipinski definition) is 0. The summed E-state index contributed by atoms with van der Waals surface area (Å²) in [6.07, 6.45) is 5.89. The van der Waals surface area contributed by atoms with Crippen molar-refractivity contribution in [3.63, 3.8) is 0 Å². The number of alkyl halides is 2. The van der Waals surface area contributed by atoms with Crippen LogP contribution in [0.25, 0.3) is 33.4 Å². The Balaban J connectivity index is 0.000000655. The first-order chi connectivity index (χ1) is 16.0. The normalized spacial score (nSPS) is 12.0. The second-order valence-electron chi connectivity index (χ2n) is 7.61. The van der Waals surface area contributed by atoms with E-state index in [1.165, 1.54) is 12.1 Å². The molecule has 1 saturated carbocycles. The van der Waals surface area contributed by atoms with Gasteiger partial charge in [-0.25, -0.2) is 8.78 Å². The Bertz CT molecular complexity index is 1210. The van der Waals surface area contributed by atoms with E-state index in [9.17, 15) is 8.78 Å². The summed E-state index contributed by atoms with van der Waals surface area (Å²) in [6, 6.07) is 16.3. The van der Waals surface area contributed by atoms with E-state index in [0.717, 1.165) is 40.8 Å². The minimum atomic E-state index is -2.65. The van der Waals surface area contributed by atoms with Crippen LogP contribution in [0.4, 0.5) is 20.3 Å². The van der Waals surface area contributed by atoms with E-state index < -0.39 is 6.43 Å². The van der Waals surface area contributed by atoms with Crippen LogP contribution in [0.5, 0.6) is 0 Å². The fraction of sp³-hybridized carbons (Fsp3) is 0.200. The first-order valence-corrected chi connectivity index (χ1v) is 10.4. The van der Waals surface area contributed by atoms with Gasteiger partial charge < -0.3 is 21.1 Å². The summed E-state index contributed by atoms with van der Waals surface area (Å²) in [5.41, 5.74) is 11.8. The minimum absolute atomic E-state index is 0. The van der Waals surface area contributed by atoms with Gasteiger partial charge in [-0.05, 0) is 53.3 Å². The molecular weight excluding hydrogens is 790 g/mol. The van der Waals surface area contributed by atoms with Gasteiger partial charge in [-0.15, -0.1) is 23.7 Å². The fourth-order valence-electron chi connectivity index (χ4n) is 2.95. The molecule has 1 N–H and O–H groups in total. The number of benzene rings is 1. The van der Waals surface area contributed by atoms with Gasteiger partial charge in [0.05, 0.1) is 0 Å². The largest absolute Gasteiger partial charge is 2.00 e. The van der Waals surface area contributed by atoms with Crippen LogP contribution < -0.4 is 0 Å². The minimum Gasteiger partial charge on any atom is -0.675 e. The maximum atomic E-state index is 12.6. The molecule has 10 heteroatoms. The van der Waals surface area contributed by atoms with Crippen molar-refractivity contribution in [3.05, 3.63) is 95.5 Å². The third-order valence-corrected chi connectivity index (χ3v) is 4.93. The second kappa shape index (κ2) is 13.6. The molecule has 0 radical (unpaired) electrons. The number of nitrogens with one attached hydrogen (secondary N) is 1. The number of hydrogen-bond acceptors (Lipinski definition) is 4. The number of rotatable bonds is 5. The van der Waals surface area contributed by atoms with Crippen LogP contribution in [-0.2, 0) is 42.1 Å². The molecule has 5 rings (SSSR count). The van der Waals surface area contributed by atoms with Gasteiger partial charge in [0, 0.05) is 33.0 Å². The fourth-order valence-corrected chi connectivity index (χ4v) is 2.95. The number of halogens is 2. The maximum absolute atomic E-state index is 12.6. The Hall–Kier alpha value is -2.40. The molecule has 1 fully saturated rings. The molecule has 3 aromatic heterocycles. The SMILES string of the molecule is Cc1ccc([N-]c2ccc(C(F)F)nn2)cc1-c1ccnc(-c2c[c-]ncc2)c1.[NH-]C1CC1.[W+2].[W]. The van der Waals surface area contributed by atoms with E-state index in [2.05, 4.69) is 31.7 Å². The first-order valence-electron chi connectivity index (χ1n) is 10.4. The van der Waals surface area contributed by atoms with Gasteiger partial charge in [0.2, 0.25) is 0 Å². The molecule has 0 spiro atoms. The van der Waals surface area contributed by atoms with Crippen molar-refractivity contribution in [2.24, 2.45) is 0 Å². The summed E-state index contributed by atoms with van der Waals surface area (Å²) in [7, 11) is 0. The van der Waals surface area contributed by atoms with Gasteiger partial charge >= 0.3 is 21.1 Å². The molecule has 3 heterocycles. The molecule has 0 amide bonds. The van der Waals surface area contributed by atoms with Crippen molar-refractivity contribution >= 4 is 11.5 Å². The molecule has 0 unspecified atom stereocenters. The molecule has 6 nitrogen and oxygen atoms in total. The molecule has 35 heavy (non-hydrogen) atoms. The zero-order valence-electron chi connectivity index (χ0n) is 18.7. The number of pyridine rings is 2. The van der Waals surface area contributed by atoms with Gasteiger partial charge in [0.1, 0.15) is 5.69 Å². The molecule has 0 atom stereocenters. The molecule has 1 aliphatic carbocycles. The Morgan fingerprint density at radius 3 is 2.34 bits per heavy atom. The molecule has 1 aliphatic rings. The predicted octanol–water partition coefficient (Wildman–Crippen LogP) is 7.18. The Labute approximate surface area is 231 Å². The van der Waals surface area contributed by atoms with Gasteiger partial charge in [-0.2, -0.15) is 0 Å². The average molecular weight is 811 g/mol. The molecule has 178 valence electrons. The van der Waals surface area contributed by atoms with Crippen LogP contribution in [0.15, 0.2) is 67.0 Å². The number of nitrogens with zero attached hydrogens (tertiary/aromatic N) is 5. The molecule has 4 aromatic rings. The van der Waals surface area contributed by atoms with Crippen LogP contribution in [0.3, 0.4) is 0 Å². The third kappa shape index (κ3) is 8.34. The standard InChI is InChI=1S/C22H15F2N5.C3H6N.2W/c1-14-2-3-17(27-21-5-4-19(22(23)24)28-29-21)13-18(14)16-8-11-26-20(12-16)15-6-9-25-10-7-15;4-3-1-2-3;;/h2-9,11-13,22H,1H3;3-4H,1-2H2;;/q-2;-1;;+2. The summed E-state index contributed by atoms with van der Waals surface area (Å²) in [5.74, 6) is 0.270. The van der Waals surface area contributed by atoms with Crippen LogP contribution >= 0.6 is 0 Å². The van der Waals surface area contributed by atoms with E-state index in [0.29, 0.717) is 11.7 Å². The summed E-state index contributed by atoms with van der Waals surface area (Å²) in [6.45, 7) is 2.01. The van der Waals surface area contributed by atoms with Gasteiger partial charge in [-0.1, -0.05) is 49.5 Å². The van der Waals surface area contributed by atoms with Crippen LogP contribution in [-0.4, -0.2) is 26.2 Å². The van der Waals surface area contributed by atoms with E-state index in [4.69, 9.17) is 5.73 Å². The quantitative estimate of drug-likeness (QED) is 0.200. The molecule has 0 saturated heterocycles. The Kier molecular flexibility index (Phi) is 11.2. The topological polar surface area (TPSA) is 89.5 Å². The molecular formula is C25H21F2N6W2-. The summed E-state index contributed by atoms with van der Waals surface area (Å²) in [5, 5.41) is 11.7. The van der Waals surface area contributed by atoms with E-state index in [-0.39, 0.29) is 53.6 Å². The van der Waals surface area contributed by atoms with E-state index in [1.807, 2.05) is 43.3 Å². The molecule has 0 bridgehead atoms.